The first-order valence-electron chi connectivity index (χ1n) is 10.0. The van der Waals surface area contributed by atoms with E-state index in [9.17, 15) is 9.59 Å². The highest BCUT2D eigenvalue weighted by Gasteiger charge is 2.33. The highest BCUT2D eigenvalue weighted by molar-refractivity contribution is 7.18. The molecule has 2 amide bonds. The number of rotatable bonds is 4. The standard InChI is InChI=1S/C21H26N6O2S/c1-13(2)27-8-7-17(24-27)21(29)26-10-9-25(4)18(12-26)20(28)23-15-5-6-16-19(11-15)30-14(3)22-16/h5-8,11,13,18H,9-10,12H2,1-4H3,(H,23,28)/t18-/m1/s1. The topological polar surface area (TPSA) is 83.4 Å². The number of piperazine rings is 1. The Bertz CT molecular complexity index is 1090. The minimum Gasteiger partial charge on any atom is -0.334 e. The summed E-state index contributed by atoms with van der Waals surface area (Å²) in [6.45, 7) is 7.53. The fourth-order valence-electron chi connectivity index (χ4n) is 3.59. The Kier molecular flexibility index (Phi) is 5.57. The summed E-state index contributed by atoms with van der Waals surface area (Å²) >= 11 is 1.60. The number of aromatic nitrogens is 3. The zero-order valence-electron chi connectivity index (χ0n) is 17.6. The zero-order valence-corrected chi connectivity index (χ0v) is 18.4. The molecule has 8 nitrogen and oxygen atoms in total. The molecule has 1 atom stereocenters. The van der Waals surface area contributed by atoms with E-state index in [0.29, 0.717) is 25.3 Å². The second kappa shape index (κ2) is 8.16. The lowest BCUT2D eigenvalue weighted by Crippen LogP contribution is -2.57. The van der Waals surface area contributed by atoms with Crippen LogP contribution in [0.15, 0.2) is 30.5 Å². The van der Waals surface area contributed by atoms with E-state index in [1.54, 1.807) is 27.0 Å². The molecule has 1 aromatic carbocycles. The molecular weight excluding hydrogens is 400 g/mol. The maximum Gasteiger partial charge on any atom is 0.274 e. The lowest BCUT2D eigenvalue weighted by Gasteiger charge is -2.38. The Morgan fingerprint density at radius 3 is 2.77 bits per heavy atom. The van der Waals surface area contributed by atoms with Crippen molar-refractivity contribution in [3.05, 3.63) is 41.2 Å². The molecule has 3 aromatic rings. The van der Waals surface area contributed by atoms with E-state index in [1.165, 1.54) is 0 Å². The highest BCUT2D eigenvalue weighted by Crippen LogP contribution is 2.25. The van der Waals surface area contributed by atoms with Crippen LogP contribution >= 0.6 is 11.3 Å². The average molecular weight is 427 g/mol. The second-order valence-electron chi connectivity index (χ2n) is 7.93. The number of thiazole rings is 1. The Labute approximate surface area is 179 Å². The van der Waals surface area contributed by atoms with Gasteiger partial charge in [-0.1, -0.05) is 0 Å². The molecule has 0 radical (unpaired) electrons. The molecule has 1 aliphatic rings. The van der Waals surface area contributed by atoms with Crippen LogP contribution in [-0.2, 0) is 4.79 Å². The van der Waals surface area contributed by atoms with E-state index in [1.807, 2.05) is 57.1 Å². The van der Waals surface area contributed by atoms with Gasteiger partial charge in [0.2, 0.25) is 5.91 Å². The third-order valence-corrected chi connectivity index (χ3v) is 6.29. The van der Waals surface area contributed by atoms with Crippen molar-refractivity contribution in [2.45, 2.75) is 32.9 Å². The molecular formula is C21H26N6O2S. The minimum absolute atomic E-state index is 0.122. The van der Waals surface area contributed by atoms with Crippen LogP contribution in [0.25, 0.3) is 10.2 Å². The first kappa shape index (κ1) is 20.5. The predicted octanol–water partition coefficient (Wildman–Crippen LogP) is 2.78. The summed E-state index contributed by atoms with van der Waals surface area (Å²) in [7, 11) is 1.91. The monoisotopic (exact) mass is 426 g/mol. The maximum atomic E-state index is 13.0. The van der Waals surface area contributed by atoms with Gasteiger partial charge in [0, 0.05) is 37.6 Å². The molecule has 30 heavy (non-hydrogen) atoms. The Balaban J connectivity index is 1.46. The molecule has 0 aliphatic carbocycles. The summed E-state index contributed by atoms with van der Waals surface area (Å²) in [5.74, 6) is -0.259. The molecule has 1 saturated heterocycles. The summed E-state index contributed by atoms with van der Waals surface area (Å²) in [4.78, 5) is 34.1. The second-order valence-corrected chi connectivity index (χ2v) is 9.16. The van der Waals surface area contributed by atoms with Crippen molar-refractivity contribution in [3.63, 3.8) is 0 Å². The van der Waals surface area contributed by atoms with Gasteiger partial charge in [-0.3, -0.25) is 19.2 Å². The minimum atomic E-state index is -0.422. The van der Waals surface area contributed by atoms with E-state index in [-0.39, 0.29) is 17.9 Å². The molecule has 0 spiro atoms. The normalized spacial score (nSPS) is 17.6. The van der Waals surface area contributed by atoms with Gasteiger partial charge in [0.15, 0.2) is 0 Å². The number of carbonyl (C=O) groups is 2. The summed E-state index contributed by atoms with van der Waals surface area (Å²) in [6.07, 6.45) is 1.81. The number of amides is 2. The van der Waals surface area contributed by atoms with Gasteiger partial charge in [-0.2, -0.15) is 5.10 Å². The van der Waals surface area contributed by atoms with Crippen LogP contribution in [0, 0.1) is 6.92 Å². The van der Waals surface area contributed by atoms with E-state index in [2.05, 4.69) is 15.4 Å². The Morgan fingerprint density at radius 2 is 2.03 bits per heavy atom. The molecule has 9 heteroatoms. The number of hydrogen-bond acceptors (Lipinski definition) is 6. The van der Waals surface area contributed by atoms with E-state index in [0.717, 1.165) is 20.9 Å². The van der Waals surface area contributed by atoms with Gasteiger partial charge < -0.3 is 10.2 Å². The van der Waals surface area contributed by atoms with Crippen molar-refractivity contribution in [2.24, 2.45) is 0 Å². The molecule has 4 rings (SSSR count). The third kappa shape index (κ3) is 4.08. The van der Waals surface area contributed by atoms with E-state index < -0.39 is 6.04 Å². The molecule has 1 aliphatic heterocycles. The molecule has 0 unspecified atom stereocenters. The third-order valence-electron chi connectivity index (χ3n) is 5.36. The van der Waals surface area contributed by atoms with E-state index in [4.69, 9.17) is 0 Å². The molecule has 1 fully saturated rings. The van der Waals surface area contributed by atoms with Crippen molar-refractivity contribution < 1.29 is 9.59 Å². The molecule has 3 heterocycles. The first-order chi connectivity index (χ1) is 14.3. The number of carbonyl (C=O) groups excluding carboxylic acids is 2. The first-order valence-corrected chi connectivity index (χ1v) is 10.9. The number of nitrogens with zero attached hydrogens (tertiary/aromatic N) is 5. The molecule has 2 aromatic heterocycles. The van der Waals surface area contributed by atoms with Crippen molar-refractivity contribution in [2.75, 3.05) is 32.0 Å². The van der Waals surface area contributed by atoms with Gasteiger partial charge in [0.1, 0.15) is 11.7 Å². The lowest BCUT2D eigenvalue weighted by atomic mass is 10.1. The van der Waals surface area contributed by atoms with Crippen LogP contribution in [0.2, 0.25) is 0 Å². The van der Waals surface area contributed by atoms with Crippen LogP contribution in [-0.4, -0.2) is 69.1 Å². The van der Waals surface area contributed by atoms with Gasteiger partial charge in [0.25, 0.3) is 5.91 Å². The van der Waals surface area contributed by atoms with Crippen molar-refractivity contribution in [1.29, 1.82) is 0 Å². The van der Waals surface area contributed by atoms with Crippen LogP contribution < -0.4 is 5.32 Å². The number of fused-ring (bicyclic) bond motifs is 1. The molecule has 0 saturated carbocycles. The van der Waals surface area contributed by atoms with Crippen molar-refractivity contribution in [1.82, 2.24) is 24.6 Å². The fraction of sp³-hybridized carbons (Fsp3) is 0.429. The lowest BCUT2D eigenvalue weighted by molar-refractivity contribution is -0.122. The van der Waals surface area contributed by atoms with E-state index >= 15 is 0 Å². The van der Waals surface area contributed by atoms with Gasteiger partial charge in [-0.25, -0.2) is 4.98 Å². The van der Waals surface area contributed by atoms with Gasteiger partial charge >= 0.3 is 0 Å². The summed E-state index contributed by atoms with van der Waals surface area (Å²) in [5.41, 5.74) is 2.09. The number of likely N-dealkylation sites (N-methyl/N-ethyl adjacent to an activating group) is 1. The zero-order chi connectivity index (χ0) is 21.4. The number of aryl methyl sites for hydroxylation is 1. The van der Waals surface area contributed by atoms with Crippen LogP contribution in [0.5, 0.6) is 0 Å². The number of hydrogen-bond donors (Lipinski definition) is 1. The predicted molar refractivity (Wildman–Crippen MR) is 118 cm³/mol. The molecule has 1 N–H and O–H groups in total. The van der Waals surface area contributed by atoms with Gasteiger partial charge in [-0.15, -0.1) is 11.3 Å². The Hall–Kier alpha value is -2.78. The van der Waals surface area contributed by atoms with Gasteiger partial charge in [-0.05, 0) is 52.1 Å². The largest absolute Gasteiger partial charge is 0.334 e. The summed E-state index contributed by atoms with van der Waals surface area (Å²) in [5, 5.41) is 8.38. The number of nitrogens with one attached hydrogen (secondary N) is 1. The highest BCUT2D eigenvalue weighted by atomic mass is 32.1. The van der Waals surface area contributed by atoms with Crippen LogP contribution in [0.3, 0.4) is 0 Å². The van der Waals surface area contributed by atoms with Gasteiger partial charge in [0.05, 0.1) is 15.2 Å². The SMILES string of the molecule is Cc1nc2ccc(NC(=O)[C@H]3CN(C(=O)c4ccn(C(C)C)n4)CCN3C)cc2s1. The van der Waals surface area contributed by atoms with Crippen molar-refractivity contribution in [3.8, 4) is 0 Å². The summed E-state index contributed by atoms with van der Waals surface area (Å²) < 4.78 is 2.81. The van der Waals surface area contributed by atoms with Crippen LogP contribution in [0.4, 0.5) is 5.69 Å². The number of anilines is 1. The molecule has 0 bridgehead atoms. The summed E-state index contributed by atoms with van der Waals surface area (Å²) in [6, 6.07) is 7.24. The average Bonchev–Trinajstić information content (AvgIpc) is 3.33. The quantitative estimate of drug-likeness (QED) is 0.694. The van der Waals surface area contributed by atoms with Crippen LogP contribution in [0.1, 0.15) is 35.4 Å². The van der Waals surface area contributed by atoms with Crippen molar-refractivity contribution >= 4 is 39.1 Å². The fourth-order valence-corrected chi connectivity index (χ4v) is 4.45. The smallest absolute Gasteiger partial charge is 0.274 e. The maximum absolute atomic E-state index is 13.0. The number of benzene rings is 1. The molecule has 158 valence electrons. The Morgan fingerprint density at radius 1 is 1.23 bits per heavy atom.